The normalized spacial score (nSPS) is 22.3. The molecule has 0 bridgehead atoms. The number of piperidine rings is 1. The van der Waals surface area contributed by atoms with Crippen LogP contribution in [0.2, 0.25) is 0 Å². The Kier molecular flexibility index (Phi) is 7.25. The minimum absolute atomic E-state index is 0.461. The van der Waals surface area contributed by atoms with Crippen molar-refractivity contribution < 1.29 is 0 Å². The molecule has 1 rings (SSSR count). The Labute approximate surface area is 115 Å². The summed E-state index contributed by atoms with van der Waals surface area (Å²) in [6.07, 6.45) is 8.27. The molecule has 1 fully saturated rings. The SMILES string of the molecule is CCCC1CCCCN1CCNCCC(C)(C)C. The Morgan fingerprint density at radius 1 is 1.17 bits per heavy atom. The zero-order valence-corrected chi connectivity index (χ0v) is 13.1. The molecule has 0 aromatic heterocycles. The Hall–Kier alpha value is -0.0800. The first-order chi connectivity index (χ1) is 8.53. The van der Waals surface area contributed by atoms with Crippen LogP contribution in [-0.4, -0.2) is 37.1 Å². The van der Waals surface area contributed by atoms with Gasteiger partial charge in [-0.15, -0.1) is 0 Å². The van der Waals surface area contributed by atoms with E-state index in [1.54, 1.807) is 0 Å². The average molecular weight is 254 g/mol. The van der Waals surface area contributed by atoms with Gasteiger partial charge in [-0.2, -0.15) is 0 Å². The summed E-state index contributed by atoms with van der Waals surface area (Å²) < 4.78 is 0. The van der Waals surface area contributed by atoms with Crippen molar-refractivity contribution in [2.24, 2.45) is 5.41 Å². The molecule has 2 nitrogen and oxygen atoms in total. The summed E-state index contributed by atoms with van der Waals surface area (Å²) in [5.41, 5.74) is 0.461. The highest BCUT2D eigenvalue weighted by atomic mass is 15.2. The van der Waals surface area contributed by atoms with Gasteiger partial charge >= 0.3 is 0 Å². The molecule has 2 heteroatoms. The summed E-state index contributed by atoms with van der Waals surface area (Å²) in [7, 11) is 0. The number of nitrogens with one attached hydrogen (secondary N) is 1. The highest BCUT2D eigenvalue weighted by Crippen LogP contribution is 2.20. The fourth-order valence-electron chi connectivity index (χ4n) is 2.83. The predicted octanol–water partition coefficient (Wildman–Crippen LogP) is 3.67. The van der Waals surface area contributed by atoms with Crippen molar-refractivity contribution in [3.63, 3.8) is 0 Å². The Bertz CT molecular complexity index is 206. The number of hydrogen-bond acceptors (Lipinski definition) is 2. The second-order valence-electron chi connectivity index (χ2n) is 7.03. The van der Waals surface area contributed by atoms with Gasteiger partial charge in [0.15, 0.2) is 0 Å². The lowest BCUT2D eigenvalue weighted by Crippen LogP contribution is -2.43. The molecule has 0 aliphatic carbocycles. The van der Waals surface area contributed by atoms with Crippen LogP contribution in [0.3, 0.4) is 0 Å². The number of rotatable bonds is 7. The maximum Gasteiger partial charge on any atom is 0.0110 e. The maximum absolute atomic E-state index is 3.61. The molecule has 1 N–H and O–H groups in total. The first kappa shape index (κ1) is 16.0. The maximum atomic E-state index is 3.61. The topological polar surface area (TPSA) is 15.3 Å². The smallest absolute Gasteiger partial charge is 0.0110 e. The molecule has 1 aliphatic heterocycles. The minimum atomic E-state index is 0.461. The standard InChI is InChI=1S/C16H34N2/c1-5-8-15-9-6-7-13-18(15)14-12-17-11-10-16(2,3)4/h15,17H,5-14H2,1-4H3. The lowest BCUT2D eigenvalue weighted by atomic mass is 9.92. The van der Waals surface area contributed by atoms with Gasteiger partial charge in [-0.3, -0.25) is 4.90 Å². The van der Waals surface area contributed by atoms with Crippen molar-refractivity contribution in [1.82, 2.24) is 10.2 Å². The predicted molar refractivity (Wildman–Crippen MR) is 81.1 cm³/mol. The molecule has 108 valence electrons. The fraction of sp³-hybridized carbons (Fsp3) is 1.00. The second kappa shape index (κ2) is 8.16. The third kappa shape index (κ3) is 6.75. The van der Waals surface area contributed by atoms with E-state index in [9.17, 15) is 0 Å². The molecular weight excluding hydrogens is 220 g/mol. The second-order valence-corrected chi connectivity index (χ2v) is 7.03. The van der Waals surface area contributed by atoms with E-state index in [2.05, 4.69) is 37.9 Å². The zero-order chi connectivity index (χ0) is 13.4. The largest absolute Gasteiger partial charge is 0.315 e. The van der Waals surface area contributed by atoms with Gasteiger partial charge < -0.3 is 5.32 Å². The minimum Gasteiger partial charge on any atom is -0.315 e. The summed E-state index contributed by atoms with van der Waals surface area (Å²) in [6.45, 7) is 14.2. The van der Waals surface area contributed by atoms with Gasteiger partial charge in [-0.25, -0.2) is 0 Å². The van der Waals surface area contributed by atoms with E-state index in [0.717, 1.165) is 19.1 Å². The summed E-state index contributed by atoms with van der Waals surface area (Å²) in [6, 6.07) is 0.869. The summed E-state index contributed by atoms with van der Waals surface area (Å²) >= 11 is 0. The first-order valence-electron chi connectivity index (χ1n) is 7.97. The van der Waals surface area contributed by atoms with Crippen molar-refractivity contribution in [3.05, 3.63) is 0 Å². The van der Waals surface area contributed by atoms with Crippen LogP contribution in [0, 0.1) is 5.41 Å². The molecule has 1 atom stereocenters. The Morgan fingerprint density at radius 2 is 1.94 bits per heavy atom. The van der Waals surface area contributed by atoms with Crippen molar-refractivity contribution in [2.75, 3.05) is 26.2 Å². The van der Waals surface area contributed by atoms with Crippen LogP contribution in [0.25, 0.3) is 0 Å². The lowest BCUT2D eigenvalue weighted by Gasteiger charge is -2.35. The lowest BCUT2D eigenvalue weighted by molar-refractivity contribution is 0.140. The van der Waals surface area contributed by atoms with Gasteiger partial charge in [0.05, 0.1) is 0 Å². The molecule has 1 heterocycles. The molecule has 1 unspecified atom stereocenters. The van der Waals surface area contributed by atoms with E-state index in [-0.39, 0.29) is 0 Å². The molecule has 0 spiro atoms. The van der Waals surface area contributed by atoms with E-state index in [1.807, 2.05) is 0 Å². The summed E-state index contributed by atoms with van der Waals surface area (Å²) in [5, 5.41) is 3.61. The average Bonchev–Trinajstić information content (AvgIpc) is 2.29. The molecule has 18 heavy (non-hydrogen) atoms. The molecule has 1 saturated heterocycles. The van der Waals surface area contributed by atoms with Crippen molar-refractivity contribution in [1.29, 1.82) is 0 Å². The number of hydrogen-bond donors (Lipinski definition) is 1. The van der Waals surface area contributed by atoms with Gasteiger partial charge in [0, 0.05) is 19.1 Å². The first-order valence-corrected chi connectivity index (χ1v) is 7.97. The van der Waals surface area contributed by atoms with Crippen LogP contribution < -0.4 is 5.32 Å². The van der Waals surface area contributed by atoms with Gasteiger partial charge in [0.1, 0.15) is 0 Å². The van der Waals surface area contributed by atoms with Gasteiger partial charge in [-0.05, 0) is 44.2 Å². The number of likely N-dealkylation sites (tertiary alicyclic amines) is 1. The fourth-order valence-corrected chi connectivity index (χ4v) is 2.83. The monoisotopic (exact) mass is 254 g/mol. The summed E-state index contributed by atoms with van der Waals surface area (Å²) in [5.74, 6) is 0. The van der Waals surface area contributed by atoms with Gasteiger partial charge in [0.2, 0.25) is 0 Å². The van der Waals surface area contributed by atoms with E-state index in [4.69, 9.17) is 0 Å². The van der Waals surface area contributed by atoms with E-state index < -0.39 is 0 Å². The molecule has 0 amide bonds. The highest BCUT2D eigenvalue weighted by molar-refractivity contribution is 4.77. The Balaban J connectivity index is 2.12. The Morgan fingerprint density at radius 3 is 2.61 bits per heavy atom. The van der Waals surface area contributed by atoms with Crippen molar-refractivity contribution >= 4 is 0 Å². The molecule has 0 saturated carbocycles. The molecule has 0 aromatic rings. The molecular formula is C16H34N2. The van der Waals surface area contributed by atoms with Crippen LogP contribution in [0.1, 0.15) is 66.2 Å². The van der Waals surface area contributed by atoms with Crippen LogP contribution in [-0.2, 0) is 0 Å². The molecule has 0 aromatic carbocycles. The van der Waals surface area contributed by atoms with E-state index in [0.29, 0.717) is 5.41 Å². The van der Waals surface area contributed by atoms with Crippen LogP contribution >= 0.6 is 0 Å². The van der Waals surface area contributed by atoms with Crippen LogP contribution in [0.5, 0.6) is 0 Å². The third-order valence-corrected chi connectivity index (χ3v) is 4.00. The highest BCUT2D eigenvalue weighted by Gasteiger charge is 2.20. The number of nitrogens with zero attached hydrogens (tertiary/aromatic N) is 1. The van der Waals surface area contributed by atoms with Crippen molar-refractivity contribution in [3.8, 4) is 0 Å². The van der Waals surface area contributed by atoms with Crippen LogP contribution in [0.4, 0.5) is 0 Å². The van der Waals surface area contributed by atoms with E-state index in [1.165, 1.54) is 51.6 Å². The molecule has 1 aliphatic rings. The third-order valence-electron chi connectivity index (χ3n) is 4.00. The molecule has 0 radical (unpaired) electrons. The van der Waals surface area contributed by atoms with E-state index >= 15 is 0 Å². The van der Waals surface area contributed by atoms with Crippen molar-refractivity contribution in [2.45, 2.75) is 72.3 Å². The zero-order valence-electron chi connectivity index (χ0n) is 13.1. The quantitative estimate of drug-likeness (QED) is 0.697. The summed E-state index contributed by atoms with van der Waals surface area (Å²) in [4.78, 5) is 2.72. The van der Waals surface area contributed by atoms with Gasteiger partial charge in [0.25, 0.3) is 0 Å². The van der Waals surface area contributed by atoms with Gasteiger partial charge in [-0.1, -0.05) is 40.5 Å². The van der Waals surface area contributed by atoms with Crippen LogP contribution in [0.15, 0.2) is 0 Å².